The molecule has 1 fully saturated rings. The van der Waals surface area contributed by atoms with Gasteiger partial charge >= 0.3 is 5.97 Å². The maximum Gasteiger partial charge on any atom is 0.335 e. The molecule has 0 aliphatic heterocycles. The molecule has 1 saturated carbocycles. The van der Waals surface area contributed by atoms with Crippen molar-refractivity contribution in [2.24, 2.45) is 0 Å². The first-order chi connectivity index (χ1) is 11.6. The van der Waals surface area contributed by atoms with Crippen LogP contribution < -0.4 is 10.1 Å². The minimum absolute atomic E-state index is 0.216. The highest BCUT2D eigenvalue weighted by atomic mass is 16.5. The van der Waals surface area contributed by atoms with Crippen molar-refractivity contribution in [3.05, 3.63) is 65.2 Å². The first-order valence-electron chi connectivity index (χ1n) is 8.30. The van der Waals surface area contributed by atoms with Crippen molar-refractivity contribution >= 4 is 5.97 Å². The molecular weight excluding hydrogens is 302 g/mol. The molecule has 0 unspecified atom stereocenters. The molecule has 3 rings (SSSR count). The number of methoxy groups -OCH3 is 1. The molecule has 0 saturated heterocycles. The Bertz CT molecular complexity index is 688. The summed E-state index contributed by atoms with van der Waals surface area (Å²) in [6, 6.07) is 15.4. The van der Waals surface area contributed by atoms with E-state index in [0.29, 0.717) is 5.56 Å². The van der Waals surface area contributed by atoms with Crippen molar-refractivity contribution in [2.45, 2.75) is 31.2 Å². The Morgan fingerprint density at radius 2 is 1.79 bits per heavy atom. The summed E-state index contributed by atoms with van der Waals surface area (Å²) in [6.45, 7) is 1.68. The molecule has 0 spiro atoms. The van der Waals surface area contributed by atoms with Crippen molar-refractivity contribution in [3.63, 3.8) is 0 Å². The van der Waals surface area contributed by atoms with Gasteiger partial charge in [-0.1, -0.05) is 30.7 Å². The number of nitrogens with one attached hydrogen (secondary N) is 1. The topological polar surface area (TPSA) is 58.6 Å². The predicted molar refractivity (Wildman–Crippen MR) is 93.6 cm³/mol. The number of benzene rings is 2. The molecule has 24 heavy (non-hydrogen) atoms. The van der Waals surface area contributed by atoms with Crippen molar-refractivity contribution < 1.29 is 14.6 Å². The second-order valence-electron chi connectivity index (χ2n) is 6.47. The zero-order valence-corrected chi connectivity index (χ0v) is 13.9. The van der Waals surface area contributed by atoms with Crippen molar-refractivity contribution in [2.75, 3.05) is 13.7 Å². The van der Waals surface area contributed by atoms with Crippen LogP contribution in [0.2, 0.25) is 0 Å². The van der Waals surface area contributed by atoms with Crippen LogP contribution in [-0.2, 0) is 12.0 Å². The summed E-state index contributed by atoms with van der Waals surface area (Å²) >= 11 is 0. The van der Waals surface area contributed by atoms with Gasteiger partial charge in [-0.2, -0.15) is 0 Å². The molecule has 4 nitrogen and oxygen atoms in total. The van der Waals surface area contributed by atoms with Crippen LogP contribution in [0.15, 0.2) is 48.5 Å². The summed E-state index contributed by atoms with van der Waals surface area (Å²) in [5, 5.41) is 12.5. The largest absolute Gasteiger partial charge is 0.497 e. The van der Waals surface area contributed by atoms with Crippen molar-refractivity contribution in [1.82, 2.24) is 5.32 Å². The van der Waals surface area contributed by atoms with Gasteiger partial charge in [-0.05, 0) is 48.2 Å². The zero-order valence-electron chi connectivity index (χ0n) is 13.9. The third-order valence-electron chi connectivity index (χ3n) is 5.01. The lowest BCUT2D eigenvalue weighted by atomic mass is 9.64. The SMILES string of the molecule is COc1ccc(C2(CNCc3ccc(C(=O)O)cc3)CCC2)cc1. The molecule has 0 heterocycles. The molecule has 0 aromatic heterocycles. The van der Waals surface area contributed by atoms with E-state index in [1.807, 2.05) is 24.3 Å². The van der Waals surface area contributed by atoms with E-state index in [9.17, 15) is 4.79 Å². The summed E-state index contributed by atoms with van der Waals surface area (Å²) in [6.07, 6.45) is 3.66. The monoisotopic (exact) mass is 325 g/mol. The quantitative estimate of drug-likeness (QED) is 0.816. The minimum atomic E-state index is -0.887. The van der Waals surface area contributed by atoms with Gasteiger partial charge in [-0.25, -0.2) is 4.79 Å². The second-order valence-corrected chi connectivity index (χ2v) is 6.47. The van der Waals surface area contributed by atoms with E-state index in [1.165, 1.54) is 24.8 Å². The van der Waals surface area contributed by atoms with Crippen LogP contribution in [0.4, 0.5) is 0 Å². The lowest BCUT2D eigenvalue weighted by Crippen LogP contribution is -2.43. The summed E-state index contributed by atoms with van der Waals surface area (Å²) in [5.74, 6) is 0.00198. The van der Waals surface area contributed by atoms with Crippen LogP contribution in [-0.4, -0.2) is 24.7 Å². The van der Waals surface area contributed by atoms with Crippen LogP contribution >= 0.6 is 0 Å². The Hall–Kier alpha value is -2.33. The first-order valence-corrected chi connectivity index (χ1v) is 8.30. The number of aromatic carboxylic acids is 1. The lowest BCUT2D eigenvalue weighted by molar-refractivity contribution is 0.0697. The molecule has 4 heteroatoms. The summed E-state index contributed by atoms with van der Waals surface area (Å²) in [5.41, 5.74) is 3.01. The Morgan fingerprint density at radius 3 is 2.29 bits per heavy atom. The molecule has 2 N–H and O–H groups in total. The number of hydrogen-bond donors (Lipinski definition) is 2. The predicted octanol–water partition coefficient (Wildman–Crippen LogP) is 3.60. The van der Waals surface area contributed by atoms with Gasteiger partial charge in [0.25, 0.3) is 0 Å². The van der Waals surface area contributed by atoms with Crippen LogP contribution in [0, 0.1) is 0 Å². The average Bonchev–Trinajstić information content (AvgIpc) is 2.58. The van der Waals surface area contributed by atoms with E-state index in [4.69, 9.17) is 9.84 Å². The third kappa shape index (κ3) is 3.44. The van der Waals surface area contributed by atoms with E-state index < -0.39 is 5.97 Å². The Kier molecular flexibility index (Phi) is 4.86. The molecule has 1 aliphatic rings. The van der Waals surface area contributed by atoms with Gasteiger partial charge in [0.1, 0.15) is 5.75 Å². The fourth-order valence-electron chi connectivity index (χ4n) is 3.33. The molecule has 2 aromatic carbocycles. The van der Waals surface area contributed by atoms with Gasteiger partial charge in [0, 0.05) is 18.5 Å². The number of ether oxygens (including phenoxy) is 1. The van der Waals surface area contributed by atoms with Crippen LogP contribution in [0.3, 0.4) is 0 Å². The highest BCUT2D eigenvalue weighted by Gasteiger charge is 2.38. The third-order valence-corrected chi connectivity index (χ3v) is 5.01. The summed E-state index contributed by atoms with van der Waals surface area (Å²) in [4.78, 5) is 10.9. The average molecular weight is 325 g/mol. The zero-order chi connectivity index (χ0) is 17.0. The molecule has 0 amide bonds. The first kappa shape index (κ1) is 16.5. The van der Waals surface area contributed by atoms with Crippen molar-refractivity contribution in [3.8, 4) is 5.75 Å². The number of carboxylic acid groups (broad SMARTS) is 1. The van der Waals surface area contributed by atoms with E-state index in [2.05, 4.69) is 17.4 Å². The molecule has 126 valence electrons. The Labute approximate surface area is 142 Å². The summed E-state index contributed by atoms with van der Waals surface area (Å²) in [7, 11) is 1.69. The molecule has 0 atom stereocenters. The molecule has 0 radical (unpaired) electrons. The second kappa shape index (κ2) is 7.05. The van der Waals surface area contributed by atoms with Gasteiger partial charge in [0.2, 0.25) is 0 Å². The lowest BCUT2D eigenvalue weighted by Gasteiger charge is -2.43. The van der Waals surface area contributed by atoms with Crippen LogP contribution in [0.1, 0.15) is 40.7 Å². The number of carboxylic acids is 1. The smallest absolute Gasteiger partial charge is 0.335 e. The standard InChI is InChI=1S/C20H23NO3/c1-24-18-9-7-17(8-10-18)20(11-2-12-20)14-21-13-15-3-5-16(6-4-15)19(22)23/h3-10,21H,2,11-14H2,1H3,(H,22,23). The number of carbonyl (C=O) groups is 1. The van der Waals surface area contributed by atoms with Gasteiger partial charge in [-0.15, -0.1) is 0 Å². The molecular formula is C20H23NO3. The van der Waals surface area contributed by atoms with Gasteiger partial charge in [0.15, 0.2) is 0 Å². The van der Waals surface area contributed by atoms with Gasteiger partial charge in [0.05, 0.1) is 12.7 Å². The molecule has 2 aromatic rings. The maximum absolute atomic E-state index is 10.9. The number of rotatable bonds is 7. The molecule has 0 bridgehead atoms. The fourth-order valence-corrected chi connectivity index (χ4v) is 3.33. The fraction of sp³-hybridized carbons (Fsp3) is 0.350. The van der Waals surface area contributed by atoms with Gasteiger partial charge < -0.3 is 15.2 Å². The van der Waals surface area contributed by atoms with E-state index in [1.54, 1.807) is 19.2 Å². The minimum Gasteiger partial charge on any atom is -0.497 e. The summed E-state index contributed by atoms with van der Waals surface area (Å²) < 4.78 is 5.24. The van der Waals surface area contributed by atoms with Crippen molar-refractivity contribution in [1.29, 1.82) is 0 Å². The highest BCUT2D eigenvalue weighted by molar-refractivity contribution is 5.87. The molecule has 1 aliphatic carbocycles. The van der Waals surface area contributed by atoms with Crippen LogP contribution in [0.5, 0.6) is 5.75 Å². The van der Waals surface area contributed by atoms with E-state index >= 15 is 0 Å². The van der Waals surface area contributed by atoms with Crippen LogP contribution in [0.25, 0.3) is 0 Å². The normalized spacial score (nSPS) is 15.5. The Balaban J connectivity index is 1.60. The van der Waals surface area contributed by atoms with Gasteiger partial charge in [-0.3, -0.25) is 0 Å². The van der Waals surface area contributed by atoms with E-state index in [0.717, 1.165) is 24.4 Å². The highest BCUT2D eigenvalue weighted by Crippen LogP contribution is 2.43. The number of hydrogen-bond acceptors (Lipinski definition) is 3. The van der Waals surface area contributed by atoms with E-state index in [-0.39, 0.29) is 5.41 Å². The maximum atomic E-state index is 10.9. The Morgan fingerprint density at radius 1 is 1.12 bits per heavy atom.